The standard InChI is InChI=1S/C14H21NO/c1-3-11(2)13-9-7-12(8-10-13)5-4-6-14(15)16/h7-11H,3-6H2,1-2H3,(H2,15,16). The second-order valence-corrected chi connectivity index (χ2v) is 4.37. The van der Waals surface area contributed by atoms with E-state index in [9.17, 15) is 4.79 Å². The van der Waals surface area contributed by atoms with Crippen molar-refractivity contribution in [2.75, 3.05) is 0 Å². The minimum absolute atomic E-state index is 0.212. The summed E-state index contributed by atoms with van der Waals surface area (Å²) < 4.78 is 0. The Kier molecular flexibility index (Phi) is 5.03. The Morgan fingerprint density at radius 2 is 1.94 bits per heavy atom. The van der Waals surface area contributed by atoms with Gasteiger partial charge in [0, 0.05) is 6.42 Å². The van der Waals surface area contributed by atoms with Gasteiger partial charge in [-0.2, -0.15) is 0 Å². The predicted molar refractivity (Wildman–Crippen MR) is 67.3 cm³/mol. The molecule has 0 bridgehead atoms. The summed E-state index contributed by atoms with van der Waals surface area (Å²) in [5.41, 5.74) is 7.77. The number of rotatable bonds is 6. The van der Waals surface area contributed by atoms with E-state index in [1.807, 2.05) is 0 Å². The van der Waals surface area contributed by atoms with Crippen molar-refractivity contribution in [3.05, 3.63) is 35.4 Å². The molecule has 0 saturated heterocycles. The summed E-state index contributed by atoms with van der Waals surface area (Å²) in [6.07, 6.45) is 3.43. The molecule has 0 heterocycles. The van der Waals surface area contributed by atoms with Gasteiger partial charge in [-0.3, -0.25) is 4.79 Å². The Morgan fingerprint density at radius 1 is 1.31 bits per heavy atom. The van der Waals surface area contributed by atoms with Crippen molar-refractivity contribution < 1.29 is 4.79 Å². The number of carbonyl (C=O) groups excluding carboxylic acids is 1. The molecule has 88 valence electrons. The van der Waals surface area contributed by atoms with Gasteiger partial charge in [0.05, 0.1) is 0 Å². The first kappa shape index (κ1) is 12.8. The van der Waals surface area contributed by atoms with Gasteiger partial charge < -0.3 is 5.73 Å². The smallest absolute Gasteiger partial charge is 0.217 e. The maximum atomic E-state index is 10.6. The molecule has 2 heteroatoms. The minimum Gasteiger partial charge on any atom is -0.370 e. The molecule has 16 heavy (non-hydrogen) atoms. The lowest BCUT2D eigenvalue weighted by atomic mass is 9.96. The molecule has 0 aliphatic rings. The van der Waals surface area contributed by atoms with E-state index in [1.54, 1.807) is 0 Å². The molecular weight excluding hydrogens is 198 g/mol. The second kappa shape index (κ2) is 6.31. The number of primary amides is 1. The van der Waals surface area contributed by atoms with E-state index in [4.69, 9.17) is 5.73 Å². The summed E-state index contributed by atoms with van der Waals surface area (Å²) in [5.74, 6) is 0.413. The van der Waals surface area contributed by atoms with Crippen LogP contribution in [0.2, 0.25) is 0 Å². The molecule has 0 saturated carbocycles. The first-order valence-corrected chi connectivity index (χ1v) is 6.00. The van der Waals surface area contributed by atoms with Gasteiger partial charge in [0.15, 0.2) is 0 Å². The summed E-state index contributed by atoms with van der Waals surface area (Å²) in [4.78, 5) is 10.6. The normalized spacial score (nSPS) is 12.4. The number of carbonyl (C=O) groups is 1. The first-order chi connectivity index (χ1) is 7.63. The van der Waals surface area contributed by atoms with E-state index in [0.29, 0.717) is 12.3 Å². The van der Waals surface area contributed by atoms with Crippen LogP contribution in [0.15, 0.2) is 24.3 Å². The van der Waals surface area contributed by atoms with Crippen LogP contribution < -0.4 is 5.73 Å². The molecule has 1 atom stereocenters. The lowest BCUT2D eigenvalue weighted by Gasteiger charge is -2.09. The van der Waals surface area contributed by atoms with Gasteiger partial charge in [0.25, 0.3) is 0 Å². The van der Waals surface area contributed by atoms with Gasteiger partial charge in [-0.05, 0) is 36.3 Å². The van der Waals surface area contributed by atoms with E-state index in [0.717, 1.165) is 12.8 Å². The maximum Gasteiger partial charge on any atom is 0.217 e. The fraction of sp³-hybridized carbons (Fsp3) is 0.500. The Labute approximate surface area is 97.9 Å². The molecule has 2 nitrogen and oxygen atoms in total. The predicted octanol–water partition coefficient (Wildman–Crippen LogP) is 3.01. The summed E-state index contributed by atoms with van der Waals surface area (Å²) in [6.45, 7) is 4.44. The van der Waals surface area contributed by atoms with E-state index in [-0.39, 0.29) is 5.91 Å². The van der Waals surface area contributed by atoms with Gasteiger partial charge in [-0.1, -0.05) is 38.1 Å². The third-order valence-corrected chi connectivity index (χ3v) is 3.05. The van der Waals surface area contributed by atoms with Crippen molar-refractivity contribution in [2.45, 2.75) is 45.4 Å². The number of nitrogens with two attached hydrogens (primary N) is 1. The van der Waals surface area contributed by atoms with Gasteiger partial charge in [-0.25, -0.2) is 0 Å². The minimum atomic E-state index is -0.212. The third-order valence-electron chi connectivity index (χ3n) is 3.05. The highest BCUT2D eigenvalue weighted by Crippen LogP contribution is 2.19. The lowest BCUT2D eigenvalue weighted by Crippen LogP contribution is -2.10. The highest BCUT2D eigenvalue weighted by molar-refractivity contribution is 5.73. The van der Waals surface area contributed by atoms with Crippen LogP contribution in [0.4, 0.5) is 0 Å². The van der Waals surface area contributed by atoms with Crippen LogP contribution in [0.3, 0.4) is 0 Å². The molecule has 1 aromatic carbocycles. The monoisotopic (exact) mass is 219 g/mol. The van der Waals surface area contributed by atoms with Crippen LogP contribution in [-0.2, 0) is 11.2 Å². The molecule has 1 rings (SSSR count). The van der Waals surface area contributed by atoms with Crippen molar-refractivity contribution in [3.8, 4) is 0 Å². The number of benzene rings is 1. The second-order valence-electron chi connectivity index (χ2n) is 4.37. The van der Waals surface area contributed by atoms with Gasteiger partial charge in [0.1, 0.15) is 0 Å². The van der Waals surface area contributed by atoms with Gasteiger partial charge in [-0.15, -0.1) is 0 Å². The highest BCUT2D eigenvalue weighted by Gasteiger charge is 2.02. The Bertz CT molecular complexity index is 329. The number of amides is 1. The Hall–Kier alpha value is -1.31. The van der Waals surface area contributed by atoms with Crippen molar-refractivity contribution in [1.82, 2.24) is 0 Å². The van der Waals surface area contributed by atoms with Crippen molar-refractivity contribution in [3.63, 3.8) is 0 Å². The largest absolute Gasteiger partial charge is 0.370 e. The first-order valence-electron chi connectivity index (χ1n) is 6.00. The summed E-state index contributed by atoms with van der Waals surface area (Å²) >= 11 is 0. The van der Waals surface area contributed by atoms with Crippen molar-refractivity contribution in [2.24, 2.45) is 5.73 Å². The van der Waals surface area contributed by atoms with E-state index in [1.165, 1.54) is 17.5 Å². The molecule has 0 aliphatic carbocycles. The Balaban J connectivity index is 2.48. The SMILES string of the molecule is CCC(C)c1ccc(CCCC(N)=O)cc1. The van der Waals surface area contributed by atoms with Gasteiger partial charge >= 0.3 is 0 Å². The molecule has 1 unspecified atom stereocenters. The topological polar surface area (TPSA) is 43.1 Å². The molecule has 0 aromatic heterocycles. The third kappa shape index (κ3) is 4.05. The lowest BCUT2D eigenvalue weighted by molar-refractivity contribution is -0.118. The average molecular weight is 219 g/mol. The molecule has 0 radical (unpaired) electrons. The summed E-state index contributed by atoms with van der Waals surface area (Å²) in [7, 11) is 0. The van der Waals surface area contributed by atoms with E-state index < -0.39 is 0 Å². The van der Waals surface area contributed by atoms with Crippen LogP contribution in [0.5, 0.6) is 0 Å². The molecule has 0 spiro atoms. The summed E-state index contributed by atoms with van der Waals surface area (Å²) in [6, 6.07) is 8.69. The van der Waals surface area contributed by atoms with Crippen LogP contribution in [0.25, 0.3) is 0 Å². The number of aryl methyl sites for hydroxylation is 1. The molecule has 1 amide bonds. The van der Waals surface area contributed by atoms with E-state index >= 15 is 0 Å². The average Bonchev–Trinajstić information content (AvgIpc) is 2.28. The van der Waals surface area contributed by atoms with Crippen LogP contribution >= 0.6 is 0 Å². The van der Waals surface area contributed by atoms with Crippen LogP contribution in [0, 0.1) is 0 Å². The van der Waals surface area contributed by atoms with Crippen LogP contribution in [0.1, 0.15) is 50.2 Å². The maximum absolute atomic E-state index is 10.6. The molecule has 0 fully saturated rings. The number of hydrogen-bond acceptors (Lipinski definition) is 1. The molecular formula is C14H21NO. The summed E-state index contributed by atoms with van der Waals surface area (Å²) in [5, 5.41) is 0. The van der Waals surface area contributed by atoms with Crippen molar-refractivity contribution in [1.29, 1.82) is 0 Å². The fourth-order valence-electron chi connectivity index (χ4n) is 1.72. The fourth-order valence-corrected chi connectivity index (χ4v) is 1.72. The zero-order valence-electron chi connectivity index (χ0n) is 10.2. The number of hydrogen-bond donors (Lipinski definition) is 1. The zero-order chi connectivity index (χ0) is 12.0. The zero-order valence-corrected chi connectivity index (χ0v) is 10.2. The van der Waals surface area contributed by atoms with E-state index in [2.05, 4.69) is 38.1 Å². The van der Waals surface area contributed by atoms with Gasteiger partial charge in [0.2, 0.25) is 5.91 Å². The Morgan fingerprint density at radius 3 is 2.44 bits per heavy atom. The highest BCUT2D eigenvalue weighted by atomic mass is 16.1. The van der Waals surface area contributed by atoms with Crippen molar-refractivity contribution >= 4 is 5.91 Å². The quantitative estimate of drug-likeness (QED) is 0.785. The van der Waals surface area contributed by atoms with Crippen LogP contribution in [-0.4, -0.2) is 5.91 Å². The molecule has 2 N–H and O–H groups in total. The molecule has 1 aromatic rings. The molecule has 0 aliphatic heterocycles.